The molecule has 3 aromatic heterocycles. The number of rotatable bonds is 5. The Morgan fingerprint density at radius 1 is 1.08 bits per heavy atom. The topological polar surface area (TPSA) is 100 Å². The number of amides is 1. The second-order valence-corrected chi connectivity index (χ2v) is 10.5. The number of aryl methyl sites for hydroxylation is 1. The number of piperazine rings is 1. The van der Waals surface area contributed by atoms with Crippen LogP contribution in [0.2, 0.25) is 0 Å². The van der Waals surface area contributed by atoms with E-state index >= 15 is 0 Å². The van der Waals surface area contributed by atoms with E-state index in [4.69, 9.17) is 9.72 Å². The highest BCUT2D eigenvalue weighted by Crippen LogP contribution is 2.24. The summed E-state index contributed by atoms with van der Waals surface area (Å²) in [5.41, 5.74) is 6.59. The first-order valence-corrected chi connectivity index (χ1v) is 12.6. The monoisotopic (exact) mass is 499 g/mol. The predicted octanol–water partition coefficient (Wildman–Crippen LogP) is 4.37. The SMILES string of the molecule is Cc1cncnc1-c1ccc2nc(Cc3cc(CN4CCN(C(=O)OC(C)(C)C)CC4)ccn3)[nH]c2c1. The van der Waals surface area contributed by atoms with E-state index in [-0.39, 0.29) is 6.09 Å². The maximum absolute atomic E-state index is 12.3. The van der Waals surface area contributed by atoms with E-state index in [9.17, 15) is 4.79 Å². The van der Waals surface area contributed by atoms with Gasteiger partial charge in [-0.15, -0.1) is 0 Å². The summed E-state index contributed by atoms with van der Waals surface area (Å²) in [5.74, 6) is 0.877. The van der Waals surface area contributed by atoms with E-state index < -0.39 is 5.60 Å². The molecule has 1 N–H and O–H groups in total. The van der Waals surface area contributed by atoms with Crippen LogP contribution in [0.3, 0.4) is 0 Å². The molecule has 0 aliphatic carbocycles. The van der Waals surface area contributed by atoms with Gasteiger partial charge in [-0.05, 0) is 63.1 Å². The molecular weight excluding hydrogens is 466 g/mol. The highest BCUT2D eigenvalue weighted by atomic mass is 16.6. The smallest absolute Gasteiger partial charge is 0.410 e. The number of carbonyl (C=O) groups is 1. The van der Waals surface area contributed by atoms with Crippen molar-refractivity contribution in [3.8, 4) is 11.3 Å². The average Bonchev–Trinajstić information content (AvgIpc) is 3.25. The van der Waals surface area contributed by atoms with Crippen LogP contribution in [0, 0.1) is 6.92 Å². The minimum atomic E-state index is -0.473. The fourth-order valence-electron chi connectivity index (χ4n) is 4.56. The molecule has 1 saturated heterocycles. The Morgan fingerprint density at radius 2 is 1.89 bits per heavy atom. The summed E-state index contributed by atoms with van der Waals surface area (Å²) in [7, 11) is 0. The lowest BCUT2D eigenvalue weighted by Gasteiger charge is -2.35. The van der Waals surface area contributed by atoms with Gasteiger partial charge in [-0.2, -0.15) is 0 Å². The summed E-state index contributed by atoms with van der Waals surface area (Å²) in [6.45, 7) is 11.5. The van der Waals surface area contributed by atoms with Crippen molar-refractivity contribution in [2.45, 2.75) is 46.3 Å². The quantitative estimate of drug-likeness (QED) is 0.435. The van der Waals surface area contributed by atoms with E-state index in [2.05, 4.69) is 43.0 Å². The number of carbonyl (C=O) groups excluding carboxylic acids is 1. The zero-order chi connectivity index (χ0) is 26.0. The van der Waals surface area contributed by atoms with Crippen LogP contribution in [0.1, 0.15) is 43.4 Å². The third-order valence-corrected chi connectivity index (χ3v) is 6.36. The van der Waals surface area contributed by atoms with Gasteiger partial charge in [-0.25, -0.2) is 19.7 Å². The van der Waals surface area contributed by atoms with Crippen LogP contribution >= 0.6 is 0 Å². The van der Waals surface area contributed by atoms with Gasteiger partial charge in [0.1, 0.15) is 17.8 Å². The maximum atomic E-state index is 12.3. The number of aromatic nitrogens is 5. The first kappa shape index (κ1) is 24.8. The number of hydrogen-bond donors (Lipinski definition) is 1. The highest BCUT2D eigenvalue weighted by Gasteiger charge is 2.25. The molecule has 0 radical (unpaired) electrons. The number of nitrogens with one attached hydrogen (secondary N) is 1. The molecule has 0 atom stereocenters. The zero-order valence-corrected chi connectivity index (χ0v) is 21.9. The number of fused-ring (bicyclic) bond motifs is 1. The minimum absolute atomic E-state index is 0.233. The highest BCUT2D eigenvalue weighted by molar-refractivity contribution is 5.81. The number of benzene rings is 1. The lowest BCUT2D eigenvalue weighted by Crippen LogP contribution is -2.49. The first-order valence-electron chi connectivity index (χ1n) is 12.6. The Kier molecular flexibility index (Phi) is 6.88. The molecule has 5 rings (SSSR count). The standard InChI is InChI=1S/C28H33N7O2/c1-19-16-29-18-31-26(19)21-5-6-23-24(14-21)33-25(32-23)15-22-13-20(7-8-30-22)17-34-9-11-35(12-10-34)27(36)37-28(2,3)4/h5-8,13-14,16,18H,9-12,15,17H2,1-4H3,(H,32,33). The maximum Gasteiger partial charge on any atom is 0.410 e. The van der Waals surface area contributed by atoms with Crippen molar-refractivity contribution >= 4 is 17.1 Å². The molecule has 0 saturated carbocycles. The Bertz CT molecular complexity index is 1400. The lowest BCUT2D eigenvalue weighted by molar-refractivity contribution is 0.0139. The van der Waals surface area contributed by atoms with E-state index in [0.717, 1.165) is 59.0 Å². The van der Waals surface area contributed by atoms with Crippen molar-refractivity contribution in [1.29, 1.82) is 0 Å². The van der Waals surface area contributed by atoms with E-state index in [1.807, 2.05) is 52.2 Å². The molecule has 1 aliphatic rings. The van der Waals surface area contributed by atoms with Gasteiger partial charge in [-0.1, -0.05) is 6.07 Å². The second kappa shape index (κ2) is 10.3. The number of ether oxygens (including phenoxy) is 1. The number of imidazole rings is 1. The third-order valence-electron chi connectivity index (χ3n) is 6.36. The summed E-state index contributed by atoms with van der Waals surface area (Å²) in [5, 5.41) is 0. The van der Waals surface area contributed by atoms with Gasteiger partial charge in [0.15, 0.2) is 0 Å². The van der Waals surface area contributed by atoms with Crippen molar-refractivity contribution < 1.29 is 9.53 Å². The molecule has 4 heterocycles. The number of aromatic amines is 1. The van der Waals surface area contributed by atoms with Gasteiger partial charge >= 0.3 is 6.09 Å². The van der Waals surface area contributed by atoms with Gasteiger partial charge < -0.3 is 14.6 Å². The van der Waals surface area contributed by atoms with Crippen LogP contribution in [0.5, 0.6) is 0 Å². The fourth-order valence-corrected chi connectivity index (χ4v) is 4.56. The molecule has 192 valence electrons. The first-order chi connectivity index (χ1) is 17.7. The molecule has 1 amide bonds. The minimum Gasteiger partial charge on any atom is -0.444 e. The Balaban J connectivity index is 1.22. The van der Waals surface area contributed by atoms with E-state index in [1.165, 1.54) is 5.56 Å². The van der Waals surface area contributed by atoms with Crippen LogP contribution < -0.4 is 0 Å². The van der Waals surface area contributed by atoms with Gasteiger partial charge in [-0.3, -0.25) is 9.88 Å². The summed E-state index contributed by atoms with van der Waals surface area (Å²) < 4.78 is 5.50. The summed E-state index contributed by atoms with van der Waals surface area (Å²) >= 11 is 0. The van der Waals surface area contributed by atoms with Crippen molar-refractivity contribution in [1.82, 2.24) is 34.7 Å². The number of nitrogens with zero attached hydrogens (tertiary/aromatic N) is 6. The van der Waals surface area contributed by atoms with Crippen molar-refractivity contribution in [2.75, 3.05) is 26.2 Å². The third kappa shape index (κ3) is 6.11. The molecule has 37 heavy (non-hydrogen) atoms. The molecule has 1 fully saturated rings. The molecule has 0 spiro atoms. The van der Waals surface area contributed by atoms with Crippen LogP contribution in [0.15, 0.2) is 49.1 Å². The van der Waals surface area contributed by atoms with Crippen molar-refractivity contribution in [3.63, 3.8) is 0 Å². The molecule has 0 bridgehead atoms. The number of hydrogen-bond acceptors (Lipinski definition) is 7. The Labute approximate surface area is 216 Å². The van der Waals surface area contributed by atoms with Crippen LogP contribution in [0.25, 0.3) is 22.3 Å². The van der Waals surface area contributed by atoms with Crippen molar-refractivity contribution in [2.24, 2.45) is 0 Å². The number of H-pyrrole nitrogens is 1. The molecule has 1 aromatic carbocycles. The molecule has 1 aliphatic heterocycles. The van der Waals surface area contributed by atoms with E-state index in [1.54, 1.807) is 11.2 Å². The lowest BCUT2D eigenvalue weighted by atomic mass is 10.1. The van der Waals surface area contributed by atoms with Crippen LogP contribution in [-0.4, -0.2) is 72.6 Å². The van der Waals surface area contributed by atoms with Crippen LogP contribution in [-0.2, 0) is 17.7 Å². The molecule has 0 unspecified atom stereocenters. The fraction of sp³-hybridized carbons (Fsp3) is 0.393. The predicted molar refractivity (Wildman–Crippen MR) is 142 cm³/mol. The average molecular weight is 500 g/mol. The normalized spacial score (nSPS) is 14.8. The molecule has 9 nitrogen and oxygen atoms in total. The van der Waals surface area contributed by atoms with Gasteiger partial charge in [0.2, 0.25) is 0 Å². The molecular formula is C28H33N7O2. The summed E-state index contributed by atoms with van der Waals surface area (Å²) in [6.07, 6.45) is 5.65. The molecule has 4 aromatic rings. The van der Waals surface area contributed by atoms with E-state index in [0.29, 0.717) is 19.5 Å². The van der Waals surface area contributed by atoms with Crippen molar-refractivity contribution in [3.05, 3.63) is 71.7 Å². The number of pyridine rings is 1. The Morgan fingerprint density at radius 3 is 2.65 bits per heavy atom. The van der Waals surface area contributed by atoms with Gasteiger partial charge in [0.25, 0.3) is 0 Å². The van der Waals surface area contributed by atoms with Crippen LogP contribution in [0.4, 0.5) is 4.79 Å². The second-order valence-electron chi connectivity index (χ2n) is 10.5. The molecule has 9 heteroatoms. The summed E-state index contributed by atoms with van der Waals surface area (Å²) in [6, 6.07) is 10.3. The van der Waals surface area contributed by atoms with Gasteiger partial charge in [0, 0.05) is 62.8 Å². The Hall–Kier alpha value is -3.85. The largest absolute Gasteiger partial charge is 0.444 e. The zero-order valence-electron chi connectivity index (χ0n) is 21.9. The van der Waals surface area contributed by atoms with Gasteiger partial charge in [0.05, 0.1) is 16.7 Å². The summed E-state index contributed by atoms with van der Waals surface area (Å²) in [4.78, 5) is 37.8.